The maximum Gasteiger partial charge on any atom is 0.226 e. The van der Waals surface area contributed by atoms with E-state index in [1.807, 2.05) is 6.07 Å². The zero-order valence-corrected chi connectivity index (χ0v) is 12.8. The minimum absolute atomic E-state index is 0.0141. The van der Waals surface area contributed by atoms with E-state index in [9.17, 15) is 4.79 Å². The van der Waals surface area contributed by atoms with Gasteiger partial charge in [0, 0.05) is 32.1 Å². The Morgan fingerprint density at radius 1 is 1.36 bits per heavy atom. The fourth-order valence-electron chi connectivity index (χ4n) is 2.83. The van der Waals surface area contributed by atoms with Gasteiger partial charge in [-0.25, -0.2) is 0 Å². The predicted octanol–water partition coefficient (Wildman–Crippen LogP) is 2.49. The molecule has 0 radical (unpaired) electrons. The first kappa shape index (κ1) is 14.8. The van der Waals surface area contributed by atoms with Gasteiger partial charge in [-0.15, -0.1) is 0 Å². The Labute approximate surface area is 130 Å². The lowest BCUT2D eigenvalue weighted by molar-refractivity contribution is -0.116. The standard InChI is InChI=1S/C17H21N3O2/c1-13-9-16(19-22-13)18-17(21)7-8-20-11-15(12-20)10-14-5-3-2-4-6-14/h2-6,9,15H,7-8,10-12H2,1H3,(H,18,19,21). The van der Waals surface area contributed by atoms with E-state index in [4.69, 9.17) is 4.52 Å². The Bertz CT molecular complexity index is 618. The third-order valence-corrected chi connectivity index (χ3v) is 3.95. The van der Waals surface area contributed by atoms with Crippen molar-refractivity contribution in [2.75, 3.05) is 25.0 Å². The number of carbonyl (C=O) groups is 1. The number of hydrogen-bond donors (Lipinski definition) is 1. The van der Waals surface area contributed by atoms with Crippen LogP contribution in [0.25, 0.3) is 0 Å². The molecule has 0 bridgehead atoms. The summed E-state index contributed by atoms with van der Waals surface area (Å²) >= 11 is 0. The largest absolute Gasteiger partial charge is 0.360 e. The molecule has 0 spiro atoms. The zero-order valence-electron chi connectivity index (χ0n) is 12.8. The van der Waals surface area contributed by atoms with Crippen LogP contribution in [0.1, 0.15) is 17.7 Å². The number of nitrogens with one attached hydrogen (secondary N) is 1. The number of nitrogens with zero attached hydrogens (tertiary/aromatic N) is 2. The number of benzene rings is 1. The van der Waals surface area contributed by atoms with Crippen molar-refractivity contribution >= 4 is 11.7 Å². The van der Waals surface area contributed by atoms with Crippen molar-refractivity contribution in [1.29, 1.82) is 0 Å². The molecule has 0 aliphatic carbocycles. The minimum Gasteiger partial charge on any atom is -0.360 e. The molecule has 3 rings (SSSR count). The van der Waals surface area contributed by atoms with Crippen LogP contribution in [0.5, 0.6) is 0 Å². The van der Waals surface area contributed by atoms with E-state index in [-0.39, 0.29) is 5.91 Å². The average Bonchev–Trinajstić information content (AvgIpc) is 2.87. The highest BCUT2D eigenvalue weighted by molar-refractivity contribution is 5.89. The molecular weight excluding hydrogens is 278 g/mol. The van der Waals surface area contributed by atoms with Crippen molar-refractivity contribution in [3.8, 4) is 0 Å². The van der Waals surface area contributed by atoms with E-state index >= 15 is 0 Å². The van der Waals surface area contributed by atoms with Crippen LogP contribution in [0.4, 0.5) is 5.82 Å². The highest BCUT2D eigenvalue weighted by Gasteiger charge is 2.26. The molecule has 22 heavy (non-hydrogen) atoms. The molecule has 1 aliphatic rings. The molecule has 1 amide bonds. The highest BCUT2D eigenvalue weighted by Crippen LogP contribution is 2.20. The molecule has 0 saturated carbocycles. The topological polar surface area (TPSA) is 58.4 Å². The Balaban J connectivity index is 1.33. The highest BCUT2D eigenvalue weighted by atomic mass is 16.5. The normalized spacial score (nSPS) is 15.5. The van der Waals surface area contributed by atoms with Gasteiger partial charge in [-0.05, 0) is 24.8 Å². The number of hydrogen-bond acceptors (Lipinski definition) is 4. The Morgan fingerprint density at radius 3 is 2.82 bits per heavy atom. The second-order valence-electron chi connectivity index (χ2n) is 5.94. The molecule has 5 nitrogen and oxygen atoms in total. The maximum absolute atomic E-state index is 11.8. The quantitative estimate of drug-likeness (QED) is 0.890. The second-order valence-corrected chi connectivity index (χ2v) is 5.94. The molecule has 0 atom stereocenters. The van der Waals surface area contributed by atoms with Crippen LogP contribution in [-0.2, 0) is 11.2 Å². The van der Waals surface area contributed by atoms with Gasteiger partial charge in [0.25, 0.3) is 0 Å². The zero-order chi connectivity index (χ0) is 15.4. The van der Waals surface area contributed by atoms with Crippen LogP contribution in [0.3, 0.4) is 0 Å². The molecule has 0 unspecified atom stereocenters. The van der Waals surface area contributed by atoms with Crippen LogP contribution < -0.4 is 5.32 Å². The predicted molar refractivity (Wildman–Crippen MR) is 84.6 cm³/mol. The van der Waals surface area contributed by atoms with Crippen molar-refractivity contribution in [2.45, 2.75) is 19.8 Å². The molecule has 1 aromatic carbocycles. The first-order chi connectivity index (χ1) is 10.7. The van der Waals surface area contributed by atoms with E-state index < -0.39 is 0 Å². The third kappa shape index (κ3) is 3.95. The van der Waals surface area contributed by atoms with Crippen molar-refractivity contribution in [3.05, 3.63) is 47.7 Å². The van der Waals surface area contributed by atoms with E-state index in [1.54, 1.807) is 13.0 Å². The van der Waals surface area contributed by atoms with Crippen LogP contribution in [0.15, 0.2) is 40.9 Å². The van der Waals surface area contributed by atoms with Crippen LogP contribution in [0.2, 0.25) is 0 Å². The summed E-state index contributed by atoms with van der Waals surface area (Å²) < 4.78 is 4.92. The summed E-state index contributed by atoms with van der Waals surface area (Å²) in [7, 11) is 0. The van der Waals surface area contributed by atoms with Gasteiger partial charge >= 0.3 is 0 Å². The van der Waals surface area contributed by atoms with Gasteiger partial charge in [0.15, 0.2) is 5.82 Å². The van der Waals surface area contributed by atoms with Crippen molar-refractivity contribution in [3.63, 3.8) is 0 Å². The van der Waals surface area contributed by atoms with E-state index in [0.717, 1.165) is 26.1 Å². The number of carbonyl (C=O) groups excluding carboxylic acids is 1. The lowest BCUT2D eigenvalue weighted by Crippen LogP contribution is -2.48. The summed E-state index contributed by atoms with van der Waals surface area (Å²) in [4.78, 5) is 14.1. The number of amides is 1. The SMILES string of the molecule is Cc1cc(NC(=O)CCN2CC(Cc3ccccc3)C2)no1. The summed E-state index contributed by atoms with van der Waals surface area (Å²) in [6.07, 6.45) is 1.62. The molecular formula is C17H21N3O2. The molecule has 1 aromatic heterocycles. The van der Waals surface area contributed by atoms with Gasteiger partial charge in [0.2, 0.25) is 5.91 Å². The van der Waals surface area contributed by atoms with Crippen molar-refractivity contribution < 1.29 is 9.32 Å². The summed E-state index contributed by atoms with van der Waals surface area (Å²) in [5, 5.41) is 6.50. The maximum atomic E-state index is 11.8. The third-order valence-electron chi connectivity index (χ3n) is 3.95. The molecule has 1 fully saturated rings. The van der Waals surface area contributed by atoms with Crippen LogP contribution >= 0.6 is 0 Å². The summed E-state index contributed by atoms with van der Waals surface area (Å²) in [5.74, 6) is 1.89. The van der Waals surface area contributed by atoms with Crippen molar-refractivity contribution in [1.82, 2.24) is 10.1 Å². The van der Waals surface area contributed by atoms with Gasteiger partial charge in [-0.2, -0.15) is 0 Å². The van der Waals surface area contributed by atoms with E-state index in [0.29, 0.717) is 23.9 Å². The Kier molecular flexibility index (Phi) is 4.53. The Morgan fingerprint density at radius 2 is 2.14 bits per heavy atom. The molecule has 1 saturated heterocycles. The van der Waals surface area contributed by atoms with Gasteiger partial charge in [-0.3, -0.25) is 4.79 Å². The van der Waals surface area contributed by atoms with Gasteiger partial charge < -0.3 is 14.7 Å². The fraction of sp³-hybridized carbons (Fsp3) is 0.412. The molecule has 2 heterocycles. The minimum atomic E-state index is -0.0141. The monoisotopic (exact) mass is 299 g/mol. The van der Waals surface area contributed by atoms with Gasteiger partial charge in [0.1, 0.15) is 5.76 Å². The summed E-state index contributed by atoms with van der Waals surface area (Å²) in [6, 6.07) is 12.3. The molecule has 116 valence electrons. The lowest BCUT2D eigenvalue weighted by atomic mass is 9.92. The molecule has 5 heteroatoms. The van der Waals surface area contributed by atoms with Crippen LogP contribution in [0, 0.1) is 12.8 Å². The first-order valence-electron chi connectivity index (χ1n) is 7.68. The van der Waals surface area contributed by atoms with Gasteiger partial charge in [-0.1, -0.05) is 35.5 Å². The van der Waals surface area contributed by atoms with Crippen LogP contribution in [-0.4, -0.2) is 35.6 Å². The fourth-order valence-corrected chi connectivity index (χ4v) is 2.83. The molecule has 1 aliphatic heterocycles. The number of aryl methyl sites for hydroxylation is 1. The first-order valence-corrected chi connectivity index (χ1v) is 7.68. The molecule has 2 aromatic rings. The summed E-state index contributed by atoms with van der Waals surface area (Å²) in [6.45, 7) is 4.75. The average molecular weight is 299 g/mol. The van der Waals surface area contributed by atoms with Gasteiger partial charge in [0.05, 0.1) is 0 Å². The summed E-state index contributed by atoms with van der Waals surface area (Å²) in [5.41, 5.74) is 1.39. The number of likely N-dealkylation sites (tertiary alicyclic amines) is 1. The second kappa shape index (κ2) is 6.75. The number of rotatable bonds is 6. The lowest BCUT2D eigenvalue weighted by Gasteiger charge is -2.39. The number of aromatic nitrogens is 1. The molecule has 1 N–H and O–H groups in total. The Hall–Kier alpha value is -2.14. The van der Waals surface area contributed by atoms with E-state index in [2.05, 4.69) is 39.6 Å². The number of anilines is 1. The smallest absolute Gasteiger partial charge is 0.226 e. The van der Waals surface area contributed by atoms with E-state index in [1.165, 1.54) is 5.56 Å². The van der Waals surface area contributed by atoms with Crippen molar-refractivity contribution in [2.24, 2.45) is 5.92 Å².